The molecule has 0 radical (unpaired) electrons. The van der Waals surface area contributed by atoms with Crippen LogP contribution < -0.4 is 0 Å². The van der Waals surface area contributed by atoms with Crippen molar-refractivity contribution in [3.63, 3.8) is 0 Å². The second-order valence-corrected chi connectivity index (χ2v) is 6.08. The number of hydrogen-bond donors (Lipinski definition) is 1. The van der Waals surface area contributed by atoms with Crippen molar-refractivity contribution in [3.05, 3.63) is 95.8 Å². The molecule has 1 amide bonds. The van der Waals surface area contributed by atoms with Gasteiger partial charge in [0.05, 0.1) is 11.8 Å². The molecule has 0 aliphatic carbocycles. The molecule has 3 aromatic rings. The fourth-order valence-corrected chi connectivity index (χ4v) is 3.14. The minimum absolute atomic E-state index is 0.163. The Labute approximate surface area is 151 Å². The Balaban J connectivity index is 1.75. The number of pyridine rings is 1. The van der Waals surface area contributed by atoms with Gasteiger partial charge in [0.1, 0.15) is 5.75 Å². The van der Waals surface area contributed by atoms with Crippen LogP contribution in [0.5, 0.6) is 5.75 Å². The van der Waals surface area contributed by atoms with Crippen molar-refractivity contribution in [3.8, 4) is 5.75 Å². The van der Waals surface area contributed by atoms with Crippen LogP contribution in [-0.4, -0.2) is 26.7 Å². The van der Waals surface area contributed by atoms with E-state index < -0.39 is 0 Å². The zero-order valence-electron chi connectivity index (χ0n) is 14.0. The average Bonchev–Trinajstić information content (AvgIpc) is 3.14. The van der Waals surface area contributed by atoms with E-state index in [1.807, 2.05) is 42.5 Å². The number of benzene rings is 2. The lowest BCUT2D eigenvalue weighted by Gasteiger charge is -2.22. The lowest BCUT2D eigenvalue weighted by molar-refractivity contribution is 0.0711. The Kier molecular flexibility index (Phi) is 4.19. The van der Waals surface area contributed by atoms with Crippen LogP contribution in [-0.2, 0) is 0 Å². The molecule has 1 unspecified atom stereocenters. The summed E-state index contributed by atoms with van der Waals surface area (Å²) >= 11 is 0. The van der Waals surface area contributed by atoms with E-state index >= 15 is 0 Å². The highest BCUT2D eigenvalue weighted by Gasteiger charge is 2.34. The van der Waals surface area contributed by atoms with E-state index in [1.165, 1.54) is 5.01 Å². The first-order valence-corrected chi connectivity index (χ1v) is 8.38. The highest BCUT2D eigenvalue weighted by atomic mass is 16.3. The van der Waals surface area contributed by atoms with Crippen LogP contribution in [0.4, 0.5) is 0 Å². The van der Waals surface area contributed by atoms with E-state index in [0.717, 1.165) is 5.56 Å². The van der Waals surface area contributed by atoms with Gasteiger partial charge in [0.2, 0.25) is 0 Å². The van der Waals surface area contributed by atoms with Crippen LogP contribution >= 0.6 is 0 Å². The van der Waals surface area contributed by atoms with E-state index in [1.54, 1.807) is 36.7 Å². The number of amides is 1. The number of para-hydroxylation sites is 1. The number of phenolic OH excluding ortho intramolecular Hbond substituents is 1. The van der Waals surface area contributed by atoms with Gasteiger partial charge in [-0.3, -0.25) is 9.78 Å². The summed E-state index contributed by atoms with van der Waals surface area (Å²) in [6.45, 7) is 0. The minimum Gasteiger partial charge on any atom is -0.507 e. The smallest absolute Gasteiger partial charge is 0.274 e. The van der Waals surface area contributed by atoms with Gasteiger partial charge in [-0.15, -0.1) is 0 Å². The minimum atomic E-state index is -0.216. The molecule has 2 aromatic carbocycles. The van der Waals surface area contributed by atoms with Gasteiger partial charge in [0.25, 0.3) is 5.91 Å². The van der Waals surface area contributed by atoms with Crippen molar-refractivity contribution in [1.82, 2.24) is 9.99 Å². The molecule has 1 N–H and O–H groups in total. The first kappa shape index (κ1) is 16.0. The standard InChI is InChI=1S/C21H17N3O2/c25-20-9-5-4-8-17(20)18-14-19(15-6-2-1-3-7-15)24(23-18)21(26)16-10-12-22-13-11-16/h1-13,19,25H,14H2. The maximum absolute atomic E-state index is 13.0. The van der Waals surface area contributed by atoms with Crippen LogP contribution in [0, 0.1) is 0 Å². The second kappa shape index (κ2) is 6.80. The Morgan fingerprint density at radius 1 is 0.962 bits per heavy atom. The molecule has 2 heterocycles. The van der Waals surface area contributed by atoms with Gasteiger partial charge in [-0.1, -0.05) is 42.5 Å². The lowest BCUT2D eigenvalue weighted by atomic mass is 9.98. The molecular formula is C21H17N3O2. The zero-order valence-corrected chi connectivity index (χ0v) is 14.0. The van der Waals surface area contributed by atoms with Crippen LogP contribution in [0.25, 0.3) is 0 Å². The summed E-state index contributed by atoms with van der Waals surface area (Å²) in [6.07, 6.45) is 3.72. The molecule has 1 aliphatic heterocycles. The van der Waals surface area contributed by atoms with E-state index in [-0.39, 0.29) is 17.7 Å². The predicted molar refractivity (Wildman–Crippen MR) is 98.9 cm³/mol. The number of carbonyl (C=O) groups is 1. The van der Waals surface area contributed by atoms with Crippen LogP contribution in [0.15, 0.2) is 84.2 Å². The Bertz CT molecular complexity index is 955. The van der Waals surface area contributed by atoms with Gasteiger partial charge in [0.15, 0.2) is 0 Å². The monoisotopic (exact) mass is 343 g/mol. The largest absolute Gasteiger partial charge is 0.507 e. The Morgan fingerprint density at radius 2 is 1.65 bits per heavy atom. The van der Waals surface area contributed by atoms with Crippen LogP contribution in [0.3, 0.4) is 0 Å². The molecular weight excluding hydrogens is 326 g/mol. The molecule has 1 aromatic heterocycles. The summed E-state index contributed by atoms with van der Waals surface area (Å²) < 4.78 is 0. The van der Waals surface area contributed by atoms with Gasteiger partial charge in [-0.25, -0.2) is 5.01 Å². The Hall–Kier alpha value is -3.47. The molecule has 4 rings (SSSR count). The highest BCUT2D eigenvalue weighted by Crippen LogP contribution is 2.35. The summed E-state index contributed by atoms with van der Waals surface area (Å²) in [7, 11) is 0. The van der Waals surface area contributed by atoms with E-state index in [2.05, 4.69) is 10.1 Å². The molecule has 0 fully saturated rings. The third-order valence-electron chi connectivity index (χ3n) is 4.45. The SMILES string of the molecule is O=C(c1ccncc1)N1N=C(c2ccccc2O)CC1c1ccccc1. The molecule has 0 saturated heterocycles. The topological polar surface area (TPSA) is 65.8 Å². The number of aromatic nitrogens is 1. The number of phenols is 1. The predicted octanol–water partition coefficient (Wildman–Crippen LogP) is 3.78. The summed E-state index contributed by atoms with van der Waals surface area (Å²) in [4.78, 5) is 17.0. The van der Waals surface area contributed by atoms with E-state index in [4.69, 9.17) is 0 Å². The van der Waals surface area contributed by atoms with Crippen LogP contribution in [0.1, 0.15) is 33.9 Å². The second-order valence-electron chi connectivity index (χ2n) is 6.08. The maximum Gasteiger partial charge on any atom is 0.274 e. The van der Waals surface area contributed by atoms with Gasteiger partial charge in [-0.2, -0.15) is 5.10 Å². The molecule has 26 heavy (non-hydrogen) atoms. The van der Waals surface area contributed by atoms with Gasteiger partial charge >= 0.3 is 0 Å². The van der Waals surface area contributed by atoms with Crippen molar-refractivity contribution in [2.75, 3.05) is 0 Å². The van der Waals surface area contributed by atoms with Crippen LogP contribution in [0.2, 0.25) is 0 Å². The van der Waals surface area contributed by atoms with Gasteiger partial charge in [0, 0.05) is 29.9 Å². The third-order valence-corrected chi connectivity index (χ3v) is 4.45. The number of rotatable bonds is 3. The summed E-state index contributed by atoms with van der Waals surface area (Å²) in [5, 5.41) is 16.3. The van der Waals surface area contributed by atoms with Gasteiger partial charge < -0.3 is 5.11 Å². The van der Waals surface area contributed by atoms with E-state index in [9.17, 15) is 9.90 Å². The average molecular weight is 343 g/mol. The van der Waals surface area contributed by atoms with E-state index in [0.29, 0.717) is 23.3 Å². The number of aromatic hydroxyl groups is 1. The first-order valence-electron chi connectivity index (χ1n) is 8.38. The fraction of sp³-hybridized carbons (Fsp3) is 0.0952. The quantitative estimate of drug-likeness (QED) is 0.787. The zero-order chi connectivity index (χ0) is 17.9. The molecule has 0 bridgehead atoms. The fourth-order valence-electron chi connectivity index (χ4n) is 3.14. The third kappa shape index (κ3) is 2.95. The number of hydrogen-bond acceptors (Lipinski definition) is 4. The molecule has 128 valence electrons. The Morgan fingerprint density at radius 3 is 2.38 bits per heavy atom. The van der Waals surface area contributed by atoms with Crippen molar-refractivity contribution in [2.45, 2.75) is 12.5 Å². The number of nitrogens with zero attached hydrogens (tertiary/aromatic N) is 3. The molecule has 0 saturated carbocycles. The van der Waals surface area contributed by atoms with Crippen molar-refractivity contribution in [1.29, 1.82) is 0 Å². The van der Waals surface area contributed by atoms with Gasteiger partial charge in [-0.05, 0) is 29.8 Å². The highest BCUT2D eigenvalue weighted by molar-refractivity contribution is 6.06. The molecule has 5 heteroatoms. The van der Waals surface area contributed by atoms with Crippen molar-refractivity contribution >= 4 is 11.6 Å². The maximum atomic E-state index is 13.0. The summed E-state index contributed by atoms with van der Waals surface area (Å²) in [5.41, 5.74) is 2.88. The van der Waals surface area contributed by atoms with Crippen molar-refractivity contribution < 1.29 is 9.90 Å². The molecule has 1 aliphatic rings. The number of carbonyl (C=O) groups excluding carboxylic acids is 1. The lowest BCUT2D eigenvalue weighted by Crippen LogP contribution is -2.27. The summed E-state index contributed by atoms with van der Waals surface area (Å²) in [5.74, 6) is -0.0251. The van der Waals surface area contributed by atoms with Crippen molar-refractivity contribution in [2.24, 2.45) is 5.10 Å². The molecule has 0 spiro atoms. The number of hydrazone groups is 1. The summed E-state index contributed by atoms with van der Waals surface area (Å²) in [6, 6.07) is 20.0. The normalized spacial score (nSPS) is 16.4. The molecule has 5 nitrogen and oxygen atoms in total. The molecule has 1 atom stereocenters. The first-order chi connectivity index (χ1) is 12.7.